The SMILES string of the molecule is C#CC1(OC(C)OCCCC)CC[C@H]2[C@@H]3CCC4CC(OC(C)OCCCC)CC[C@]4(C)[C@@H]3CC[C@@]21C. The smallest absolute Gasteiger partial charge is 0.156 e. The Bertz CT molecular complexity index is 777. The summed E-state index contributed by atoms with van der Waals surface area (Å²) in [5, 5.41) is 0. The minimum Gasteiger partial charge on any atom is -0.353 e. The van der Waals surface area contributed by atoms with Crippen molar-refractivity contribution in [2.24, 2.45) is 34.5 Å². The molecular formula is C33H56O4. The Morgan fingerprint density at radius 3 is 2.19 bits per heavy atom. The van der Waals surface area contributed by atoms with Crippen LogP contribution in [0, 0.1) is 46.8 Å². The summed E-state index contributed by atoms with van der Waals surface area (Å²) in [5.74, 6) is 6.20. The Labute approximate surface area is 228 Å². The lowest BCUT2D eigenvalue weighted by molar-refractivity contribution is -0.229. The molecule has 0 bridgehead atoms. The maximum Gasteiger partial charge on any atom is 0.156 e. The van der Waals surface area contributed by atoms with Crippen LogP contribution in [0.1, 0.15) is 125 Å². The minimum absolute atomic E-state index is 0.0417. The normalized spacial score (nSPS) is 42.8. The van der Waals surface area contributed by atoms with Gasteiger partial charge in [0.2, 0.25) is 0 Å². The van der Waals surface area contributed by atoms with Gasteiger partial charge in [-0.25, -0.2) is 0 Å². The molecule has 4 nitrogen and oxygen atoms in total. The van der Waals surface area contributed by atoms with E-state index >= 15 is 0 Å². The quantitative estimate of drug-likeness (QED) is 0.149. The number of hydrogen-bond acceptors (Lipinski definition) is 4. The van der Waals surface area contributed by atoms with Crippen LogP contribution in [0.2, 0.25) is 0 Å². The van der Waals surface area contributed by atoms with E-state index in [4.69, 9.17) is 25.4 Å². The van der Waals surface area contributed by atoms with E-state index in [1.54, 1.807) is 0 Å². The highest BCUT2D eigenvalue weighted by Crippen LogP contribution is 2.69. The van der Waals surface area contributed by atoms with Crippen LogP contribution in [0.15, 0.2) is 0 Å². The summed E-state index contributed by atoms with van der Waals surface area (Å²) in [6.07, 6.45) is 21.8. The Morgan fingerprint density at radius 1 is 0.838 bits per heavy atom. The summed E-state index contributed by atoms with van der Waals surface area (Å²) in [5.41, 5.74) is -0.0271. The number of fused-ring (bicyclic) bond motifs is 5. The molecule has 10 atom stereocenters. The summed E-state index contributed by atoms with van der Waals surface area (Å²) < 4.78 is 25.0. The summed E-state index contributed by atoms with van der Waals surface area (Å²) >= 11 is 0. The van der Waals surface area contributed by atoms with Crippen LogP contribution >= 0.6 is 0 Å². The van der Waals surface area contributed by atoms with Gasteiger partial charge in [-0.15, -0.1) is 6.42 Å². The predicted octanol–water partition coefficient (Wildman–Crippen LogP) is 8.13. The van der Waals surface area contributed by atoms with Crippen molar-refractivity contribution in [3.8, 4) is 12.3 Å². The molecule has 0 saturated heterocycles. The van der Waals surface area contributed by atoms with E-state index in [1.807, 2.05) is 6.92 Å². The van der Waals surface area contributed by atoms with Gasteiger partial charge in [-0.05, 0) is 114 Å². The molecule has 0 aromatic carbocycles. The molecule has 0 heterocycles. The second-order valence-electron chi connectivity index (χ2n) is 13.4. The third-order valence-electron chi connectivity index (χ3n) is 11.4. The van der Waals surface area contributed by atoms with Gasteiger partial charge in [0.05, 0.1) is 6.10 Å². The molecule has 0 aromatic heterocycles. The summed E-state index contributed by atoms with van der Waals surface area (Å²) in [7, 11) is 0. The van der Waals surface area contributed by atoms with Gasteiger partial charge in [-0.3, -0.25) is 0 Å². The number of ether oxygens (including phenoxy) is 4. The van der Waals surface area contributed by atoms with Crippen LogP contribution in [0.5, 0.6) is 0 Å². The van der Waals surface area contributed by atoms with Crippen LogP contribution < -0.4 is 0 Å². The van der Waals surface area contributed by atoms with Gasteiger partial charge in [0.25, 0.3) is 0 Å². The van der Waals surface area contributed by atoms with Crippen molar-refractivity contribution in [3.63, 3.8) is 0 Å². The van der Waals surface area contributed by atoms with Crippen molar-refractivity contribution in [2.45, 2.75) is 149 Å². The predicted molar refractivity (Wildman–Crippen MR) is 150 cm³/mol. The van der Waals surface area contributed by atoms with E-state index in [2.05, 4.69) is 40.5 Å². The largest absolute Gasteiger partial charge is 0.353 e. The molecule has 4 rings (SSSR count). The van der Waals surface area contributed by atoms with Crippen molar-refractivity contribution in [3.05, 3.63) is 0 Å². The van der Waals surface area contributed by atoms with Crippen molar-refractivity contribution < 1.29 is 18.9 Å². The molecule has 4 saturated carbocycles. The third kappa shape index (κ3) is 5.68. The van der Waals surface area contributed by atoms with Crippen molar-refractivity contribution in [1.29, 1.82) is 0 Å². The van der Waals surface area contributed by atoms with E-state index in [9.17, 15) is 0 Å². The average molecular weight is 517 g/mol. The van der Waals surface area contributed by atoms with Crippen LogP contribution in [-0.4, -0.2) is 37.5 Å². The minimum atomic E-state index is -0.495. The zero-order valence-corrected chi connectivity index (χ0v) is 24.9. The zero-order chi connectivity index (χ0) is 26.7. The van der Waals surface area contributed by atoms with E-state index < -0.39 is 5.60 Å². The fourth-order valence-electron chi connectivity index (χ4n) is 9.22. The summed E-state index contributed by atoms with van der Waals surface area (Å²) in [4.78, 5) is 0. The third-order valence-corrected chi connectivity index (χ3v) is 11.4. The molecule has 0 N–H and O–H groups in total. The van der Waals surface area contributed by atoms with Crippen molar-refractivity contribution in [2.75, 3.05) is 13.2 Å². The highest BCUT2D eigenvalue weighted by atomic mass is 16.7. The lowest BCUT2D eigenvalue weighted by Gasteiger charge is -2.61. The Morgan fingerprint density at radius 2 is 1.51 bits per heavy atom. The first-order valence-corrected chi connectivity index (χ1v) is 15.8. The molecule has 0 radical (unpaired) electrons. The fraction of sp³-hybridized carbons (Fsp3) is 0.939. The van der Waals surface area contributed by atoms with Crippen LogP contribution in [0.3, 0.4) is 0 Å². The van der Waals surface area contributed by atoms with Gasteiger partial charge in [0, 0.05) is 18.6 Å². The number of hydrogen-bond donors (Lipinski definition) is 0. The molecule has 0 aliphatic heterocycles. The van der Waals surface area contributed by atoms with Gasteiger partial charge < -0.3 is 18.9 Å². The molecule has 0 amide bonds. The Kier molecular flexibility index (Phi) is 9.75. The molecule has 4 fully saturated rings. The highest BCUT2D eigenvalue weighted by Gasteiger charge is 2.65. The standard InChI is InChI=1S/C33H56O4/c1-8-11-21-34-24(4)36-27-15-18-31(6)26(23-27)13-14-28-29(31)16-19-32(7)30(28)17-20-33(32,10-3)37-25(5)35-22-12-9-2/h3,24-30H,8-9,11-23H2,1-2,4-7H3/t24?,25?,26?,27?,28-,29-,30+,31+,32+,33?/m1/s1. The van der Waals surface area contributed by atoms with E-state index in [1.165, 1.54) is 57.8 Å². The van der Waals surface area contributed by atoms with Gasteiger partial charge in [0.15, 0.2) is 12.6 Å². The maximum atomic E-state index is 6.68. The fourth-order valence-corrected chi connectivity index (χ4v) is 9.22. The summed E-state index contributed by atoms with van der Waals surface area (Å²) in [6, 6.07) is 0. The van der Waals surface area contributed by atoms with Crippen LogP contribution in [0.4, 0.5) is 0 Å². The van der Waals surface area contributed by atoms with E-state index in [-0.39, 0.29) is 18.0 Å². The monoisotopic (exact) mass is 516 g/mol. The van der Waals surface area contributed by atoms with Crippen LogP contribution in [0.25, 0.3) is 0 Å². The first kappa shape index (κ1) is 29.4. The molecule has 0 aromatic rings. The second-order valence-corrected chi connectivity index (χ2v) is 13.4. The Hall–Kier alpha value is -0.600. The number of terminal acetylenes is 1. The molecule has 5 unspecified atom stereocenters. The first-order chi connectivity index (χ1) is 17.7. The van der Waals surface area contributed by atoms with Crippen LogP contribution in [-0.2, 0) is 18.9 Å². The second kappa shape index (κ2) is 12.3. The first-order valence-electron chi connectivity index (χ1n) is 15.8. The van der Waals surface area contributed by atoms with Gasteiger partial charge in [0.1, 0.15) is 5.60 Å². The molecule has 0 spiro atoms. The Balaban J connectivity index is 1.40. The van der Waals surface area contributed by atoms with Crippen molar-refractivity contribution >= 4 is 0 Å². The van der Waals surface area contributed by atoms with E-state index in [0.29, 0.717) is 17.4 Å². The van der Waals surface area contributed by atoms with Gasteiger partial charge >= 0.3 is 0 Å². The van der Waals surface area contributed by atoms with Gasteiger partial charge in [-0.2, -0.15) is 0 Å². The van der Waals surface area contributed by atoms with E-state index in [0.717, 1.165) is 56.7 Å². The number of rotatable bonds is 12. The average Bonchev–Trinajstić information content (AvgIpc) is 3.17. The van der Waals surface area contributed by atoms with Gasteiger partial charge in [-0.1, -0.05) is 46.5 Å². The molecule has 4 aliphatic carbocycles. The number of unbranched alkanes of at least 4 members (excludes halogenated alkanes) is 2. The maximum absolute atomic E-state index is 6.68. The zero-order valence-electron chi connectivity index (χ0n) is 24.9. The lowest BCUT2D eigenvalue weighted by Crippen LogP contribution is -2.57. The van der Waals surface area contributed by atoms with Crippen molar-refractivity contribution in [1.82, 2.24) is 0 Å². The lowest BCUT2D eigenvalue weighted by atomic mass is 9.44. The highest BCUT2D eigenvalue weighted by molar-refractivity contribution is 5.24. The molecule has 4 heteroatoms. The molecule has 212 valence electrons. The molecule has 4 aliphatic rings. The molecule has 37 heavy (non-hydrogen) atoms. The summed E-state index contributed by atoms with van der Waals surface area (Å²) in [6.45, 7) is 15.2. The topological polar surface area (TPSA) is 36.9 Å². The molecular weight excluding hydrogens is 460 g/mol.